The predicted molar refractivity (Wildman–Crippen MR) is 70.1 cm³/mol. The van der Waals surface area contributed by atoms with Crippen LogP contribution in [0.2, 0.25) is 0 Å². The number of nitrogens with two attached hydrogens (primary N) is 1. The van der Waals surface area contributed by atoms with E-state index in [-0.39, 0.29) is 5.75 Å². The third kappa shape index (κ3) is 1.55. The number of phenols is 1. The maximum Gasteiger partial charge on any atom is 0.116 e. The van der Waals surface area contributed by atoms with Gasteiger partial charge < -0.3 is 10.8 Å². The molecule has 5 heteroatoms. The number of aryl methyl sites for hydroxylation is 1. The normalized spacial score (nSPS) is 11.1. The van der Waals surface area contributed by atoms with Gasteiger partial charge in [-0.05, 0) is 29.7 Å². The van der Waals surface area contributed by atoms with E-state index >= 15 is 0 Å². The smallest absolute Gasteiger partial charge is 0.116 e. The number of anilines is 1. The van der Waals surface area contributed by atoms with Crippen LogP contribution < -0.4 is 5.73 Å². The van der Waals surface area contributed by atoms with E-state index in [1.54, 1.807) is 34.3 Å². The zero-order chi connectivity index (χ0) is 12.0. The summed E-state index contributed by atoms with van der Waals surface area (Å²) in [6.07, 6.45) is 1.65. The van der Waals surface area contributed by atoms with E-state index < -0.39 is 0 Å². The van der Waals surface area contributed by atoms with Gasteiger partial charge in [-0.1, -0.05) is 0 Å². The maximum atomic E-state index is 9.44. The Morgan fingerprint density at radius 1 is 1.35 bits per heavy atom. The lowest BCUT2D eigenvalue weighted by atomic mass is 10.2. The Kier molecular flexibility index (Phi) is 2.09. The van der Waals surface area contributed by atoms with E-state index in [9.17, 15) is 5.11 Å². The molecular weight excluding hydrogens is 234 g/mol. The standard InChI is InChI=1S/C12H11N3OS/c1-15-12(9(13)6-14-15)11-5-7-4-8(16)2-3-10(7)17-11/h2-6,16H,13H2,1H3. The highest BCUT2D eigenvalue weighted by Gasteiger charge is 2.11. The molecule has 3 rings (SSSR count). The van der Waals surface area contributed by atoms with Gasteiger partial charge in [-0.15, -0.1) is 11.3 Å². The van der Waals surface area contributed by atoms with Gasteiger partial charge in [-0.2, -0.15) is 5.10 Å². The number of phenolic OH excluding ortho intramolecular Hbond substituents is 1. The number of nitrogens with zero attached hydrogens (tertiary/aromatic N) is 2. The number of aromatic hydroxyl groups is 1. The van der Waals surface area contributed by atoms with Gasteiger partial charge in [0.15, 0.2) is 0 Å². The first-order chi connectivity index (χ1) is 8.15. The van der Waals surface area contributed by atoms with Crippen molar-refractivity contribution < 1.29 is 5.11 Å². The summed E-state index contributed by atoms with van der Waals surface area (Å²) in [4.78, 5) is 1.06. The van der Waals surface area contributed by atoms with Gasteiger partial charge in [-0.25, -0.2) is 0 Å². The fourth-order valence-electron chi connectivity index (χ4n) is 1.90. The Bertz CT molecular complexity index is 679. The fourth-order valence-corrected chi connectivity index (χ4v) is 3.04. The van der Waals surface area contributed by atoms with Gasteiger partial charge in [0, 0.05) is 11.7 Å². The Morgan fingerprint density at radius 2 is 2.18 bits per heavy atom. The molecule has 0 atom stereocenters. The molecule has 0 radical (unpaired) electrons. The van der Waals surface area contributed by atoms with Crippen molar-refractivity contribution in [2.24, 2.45) is 7.05 Å². The van der Waals surface area contributed by atoms with Crippen molar-refractivity contribution in [1.29, 1.82) is 0 Å². The minimum Gasteiger partial charge on any atom is -0.508 e. The molecule has 3 N–H and O–H groups in total. The molecule has 0 saturated heterocycles. The summed E-state index contributed by atoms with van der Waals surface area (Å²) in [5, 5.41) is 14.6. The largest absolute Gasteiger partial charge is 0.508 e. The van der Waals surface area contributed by atoms with Crippen LogP contribution in [0.4, 0.5) is 5.69 Å². The Labute approximate surface area is 102 Å². The van der Waals surface area contributed by atoms with Crippen LogP contribution in [-0.4, -0.2) is 14.9 Å². The number of benzene rings is 1. The summed E-state index contributed by atoms with van der Waals surface area (Å²) in [5.41, 5.74) is 7.49. The monoisotopic (exact) mass is 245 g/mol. The molecule has 0 saturated carbocycles. The summed E-state index contributed by atoms with van der Waals surface area (Å²) in [7, 11) is 1.87. The van der Waals surface area contributed by atoms with E-state index in [1.165, 1.54) is 0 Å². The van der Waals surface area contributed by atoms with Crippen LogP contribution in [0.15, 0.2) is 30.5 Å². The van der Waals surface area contributed by atoms with Gasteiger partial charge in [0.05, 0.1) is 16.8 Å². The zero-order valence-electron chi connectivity index (χ0n) is 9.21. The van der Waals surface area contributed by atoms with Crippen molar-refractivity contribution in [1.82, 2.24) is 9.78 Å². The molecule has 3 aromatic rings. The maximum absolute atomic E-state index is 9.44. The molecule has 0 fully saturated rings. The molecule has 0 spiro atoms. The van der Waals surface area contributed by atoms with E-state index in [0.29, 0.717) is 5.69 Å². The average Bonchev–Trinajstić information content (AvgIpc) is 2.81. The van der Waals surface area contributed by atoms with Gasteiger partial charge in [0.25, 0.3) is 0 Å². The highest BCUT2D eigenvalue weighted by atomic mass is 32.1. The van der Waals surface area contributed by atoms with Crippen molar-refractivity contribution >= 4 is 27.1 Å². The number of aromatic nitrogens is 2. The highest BCUT2D eigenvalue weighted by molar-refractivity contribution is 7.22. The topological polar surface area (TPSA) is 64.1 Å². The quantitative estimate of drug-likeness (QED) is 0.692. The second-order valence-corrected chi connectivity index (χ2v) is 4.99. The fraction of sp³-hybridized carbons (Fsp3) is 0.0833. The van der Waals surface area contributed by atoms with Crippen LogP contribution in [0.25, 0.3) is 20.7 Å². The van der Waals surface area contributed by atoms with Crippen LogP contribution in [-0.2, 0) is 7.05 Å². The number of hydrogen-bond acceptors (Lipinski definition) is 4. The third-order valence-corrected chi connectivity index (χ3v) is 3.82. The molecule has 0 unspecified atom stereocenters. The molecule has 4 nitrogen and oxygen atoms in total. The van der Waals surface area contributed by atoms with Crippen molar-refractivity contribution in [3.05, 3.63) is 30.5 Å². The molecule has 0 aliphatic rings. The molecule has 1 aromatic carbocycles. The van der Waals surface area contributed by atoms with Crippen molar-refractivity contribution in [2.45, 2.75) is 0 Å². The summed E-state index contributed by atoms with van der Waals surface area (Å²) in [6.45, 7) is 0. The van der Waals surface area contributed by atoms with Gasteiger partial charge in [0.2, 0.25) is 0 Å². The molecule has 0 bridgehead atoms. The van der Waals surface area contributed by atoms with Gasteiger partial charge in [-0.3, -0.25) is 4.68 Å². The zero-order valence-corrected chi connectivity index (χ0v) is 10.0. The number of hydrogen-bond donors (Lipinski definition) is 2. The van der Waals surface area contributed by atoms with E-state index in [0.717, 1.165) is 20.7 Å². The number of rotatable bonds is 1. The van der Waals surface area contributed by atoms with Crippen LogP contribution in [0, 0.1) is 0 Å². The van der Waals surface area contributed by atoms with Crippen molar-refractivity contribution in [3.8, 4) is 16.3 Å². The number of fused-ring (bicyclic) bond motifs is 1. The highest BCUT2D eigenvalue weighted by Crippen LogP contribution is 2.36. The molecule has 17 heavy (non-hydrogen) atoms. The first kappa shape index (κ1) is 10.2. The first-order valence-corrected chi connectivity index (χ1v) is 5.97. The number of nitrogen functional groups attached to an aromatic ring is 1. The second kappa shape index (κ2) is 3.49. The molecule has 0 aliphatic heterocycles. The molecule has 86 valence electrons. The predicted octanol–water partition coefficient (Wildman–Crippen LogP) is 2.59. The Balaban J connectivity index is 2.25. The summed E-state index contributed by atoms with van der Waals surface area (Å²) in [5.74, 6) is 0.278. The van der Waals surface area contributed by atoms with Gasteiger partial charge in [0.1, 0.15) is 11.4 Å². The second-order valence-electron chi connectivity index (χ2n) is 3.90. The first-order valence-electron chi connectivity index (χ1n) is 5.15. The molecule has 2 aromatic heterocycles. The molecule has 2 heterocycles. The van der Waals surface area contributed by atoms with E-state index in [4.69, 9.17) is 5.73 Å². The summed E-state index contributed by atoms with van der Waals surface area (Å²) in [6, 6.07) is 7.37. The lowest BCUT2D eigenvalue weighted by Crippen LogP contribution is -1.93. The van der Waals surface area contributed by atoms with Crippen molar-refractivity contribution in [2.75, 3.05) is 5.73 Å². The third-order valence-electron chi connectivity index (χ3n) is 2.70. The summed E-state index contributed by atoms with van der Waals surface area (Å²) >= 11 is 1.64. The lowest BCUT2D eigenvalue weighted by Gasteiger charge is -1.98. The Morgan fingerprint density at radius 3 is 2.88 bits per heavy atom. The van der Waals surface area contributed by atoms with E-state index in [2.05, 4.69) is 5.10 Å². The van der Waals surface area contributed by atoms with E-state index in [1.807, 2.05) is 19.2 Å². The van der Waals surface area contributed by atoms with Crippen LogP contribution in [0.3, 0.4) is 0 Å². The van der Waals surface area contributed by atoms with Crippen LogP contribution in [0.1, 0.15) is 0 Å². The van der Waals surface area contributed by atoms with Crippen molar-refractivity contribution in [3.63, 3.8) is 0 Å². The summed E-state index contributed by atoms with van der Waals surface area (Å²) < 4.78 is 2.89. The minimum absolute atomic E-state index is 0.278. The van der Waals surface area contributed by atoms with Crippen LogP contribution in [0.5, 0.6) is 5.75 Å². The average molecular weight is 245 g/mol. The number of thiophene rings is 1. The Hall–Kier alpha value is -2.01. The molecule has 0 amide bonds. The lowest BCUT2D eigenvalue weighted by molar-refractivity contribution is 0.476. The minimum atomic E-state index is 0.278. The molecular formula is C12H11N3OS. The SMILES string of the molecule is Cn1ncc(N)c1-c1cc2cc(O)ccc2s1. The van der Waals surface area contributed by atoms with Gasteiger partial charge >= 0.3 is 0 Å². The molecule has 0 aliphatic carbocycles. The van der Waals surface area contributed by atoms with Crippen LogP contribution >= 0.6 is 11.3 Å².